The maximum absolute atomic E-state index is 2.64. The number of para-hydroxylation sites is 3. The Kier molecular flexibility index (Phi) is 8.98. The normalized spacial score (nSPS) is 13.9. The van der Waals surface area contributed by atoms with Gasteiger partial charge in [-0.05, 0) is 163 Å². The molecule has 3 heterocycles. The van der Waals surface area contributed by atoms with E-state index in [1.54, 1.807) is 0 Å². The molecule has 0 N–H and O–H groups in total. The van der Waals surface area contributed by atoms with Gasteiger partial charge in [0.25, 0.3) is 0 Å². The van der Waals surface area contributed by atoms with Crippen molar-refractivity contribution in [2.75, 3.05) is 9.80 Å². The van der Waals surface area contributed by atoms with Gasteiger partial charge in [-0.2, -0.15) is 0 Å². The summed E-state index contributed by atoms with van der Waals surface area (Å²) in [5.74, 6) is 0. The molecule has 0 amide bonds. The van der Waals surface area contributed by atoms with Crippen LogP contribution in [0, 0.1) is 0 Å². The highest BCUT2D eigenvalue weighted by Gasteiger charge is 2.43. The molecule has 2 aliphatic rings. The Morgan fingerprint density at radius 1 is 0.282 bits per heavy atom. The Labute approximate surface area is 415 Å². The molecule has 0 aliphatic carbocycles. The van der Waals surface area contributed by atoms with Crippen LogP contribution in [0.2, 0.25) is 0 Å². The van der Waals surface area contributed by atoms with Gasteiger partial charge in [0.05, 0.1) is 16.7 Å². The molecule has 71 heavy (non-hydrogen) atoms. The summed E-state index contributed by atoms with van der Waals surface area (Å²) in [6, 6.07) is 87.5. The van der Waals surface area contributed by atoms with Gasteiger partial charge in [0.2, 0.25) is 0 Å². The van der Waals surface area contributed by atoms with E-state index in [0.29, 0.717) is 0 Å². The third kappa shape index (κ3) is 6.29. The lowest BCUT2D eigenvalue weighted by Crippen LogP contribution is -2.33. The van der Waals surface area contributed by atoms with Crippen LogP contribution in [0.5, 0.6) is 0 Å². The molecule has 0 fully saturated rings. The predicted molar refractivity (Wildman–Crippen MR) is 300 cm³/mol. The van der Waals surface area contributed by atoms with E-state index in [0.717, 1.165) is 34.1 Å². The summed E-state index contributed by atoms with van der Waals surface area (Å²) in [6.07, 6.45) is 0. The molecule has 2 aliphatic heterocycles. The Hall–Kier alpha value is -8.66. The number of benzene rings is 11. The van der Waals surface area contributed by atoms with E-state index >= 15 is 0 Å². The van der Waals surface area contributed by atoms with Gasteiger partial charge in [-0.1, -0.05) is 167 Å². The molecule has 0 radical (unpaired) electrons. The lowest BCUT2D eigenvalue weighted by atomic mass is 9.68. The van der Waals surface area contributed by atoms with E-state index in [1.165, 1.54) is 93.5 Å². The van der Waals surface area contributed by atoms with Crippen molar-refractivity contribution in [3.8, 4) is 27.9 Å². The molecular formula is C68H51N3. The smallest absolute Gasteiger partial charge is 0.0582 e. The molecule has 0 saturated heterocycles. The van der Waals surface area contributed by atoms with Crippen molar-refractivity contribution in [3.05, 3.63) is 259 Å². The molecule has 0 spiro atoms. The lowest BCUT2D eigenvalue weighted by Gasteiger charge is -2.42. The second-order valence-corrected chi connectivity index (χ2v) is 20.6. The topological polar surface area (TPSA) is 11.4 Å². The van der Waals surface area contributed by atoms with Crippen LogP contribution >= 0.6 is 0 Å². The summed E-state index contributed by atoms with van der Waals surface area (Å²) in [7, 11) is 0. The molecule has 0 atom stereocenters. The summed E-state index contributed by atoms with van der Waals surface area (Å²) >= 11 is 0. The Morgan fingerprint density at radius 2 is 0.648 bits per heavy atom. The average Bonchev–Trinajstić information content (AvgIpc) is 3.75. The minimum Gasteiger partial charge on any atom is -0.310 e. The van der Waals surface area contributed by atoms with Crippen LogP contribution < -0.4 is 9.80 Å². The first-order valence-corrected chi connectivity index (χ1v) is 24.9. The number of aromatic nitrogens is 1. The zero-order valence-corrected chi connectivity index (χ0v) is 40.4. The predicted octanol–water partition coefficient (Wildman–Crippen LogP) is 18.6. The Morgan fingerprint density at radius 3 is 1.07 bits per heavy atom. The number of hydrogen-bond acceptors (Lipinski definition) is 2. The molecule has 338 valence electrons. The van der Waals surface area contributed by atoms with Crippen molar-refractivity contribution in [1.29, 1.82) is 0 Å². The van der Waals surface area contributed by atoms with E-state index in [9.17, 15) is 0 Å². The first-order chi connectivity index (χ1) is 34.7. The van der Waals surface area contributed by atoms with Gasteiger partial charge < -0.3 is 14.4 Å². The summed E-state index contributed by atoms with van der Waals surface area (Å²) in [4.78, 5) is 4.73. The standard InChI is InChI=1S/C68H51N3/c1-67(2)60-24-15-25-61-66(60)71-64-58(40-50(42-62(64)67)46-26-32-54(33-27-46)69(52-20-7-5-8-21-52)56-36-30-44-16-11-13-18-48(44)38-56)59-41-51(43-63(65(59)71)68(61,3)4)47-28-34-55(35-29-47)70(53-22-9-6-10-23-53)57-37-31-45-17-12-14-19-49(45)39-57/h5-43H,1-4H3. The quantitative estimate of drug-likeness (QED) is 0.150. The molecule has 3 nitrogen and oxygen atoms in total. The summed E-state index contributed by atoms with van der Waals surface area (Å²) in [5.41, 5.74) is 20.7. The van der Waals surface area contributed by atoms with Gasteiger partial charge in [-0.15, -0.1) is 0 Å². The van der Waals surface area contributed by atoms with Crippen LogP contribution in [-0.2, 0) is 10.8 Å². The van der Waals surface area contributed by atoms with E-state index in [4.69, 9.17) is 0 Å². The van der Waals surface area contributed by atoms with Crippen molar-refractivity contribution in [2.24, 2.45) is 0 Å². The fourth-order valence-electron chi connectivity index (χ4n) is 12.2. The van der Waals surface area contributed by atoms with Crippen molar-refractivity contribution < 1.29 is 0 Å². The largest absolute Gasteiger partial charge is 0.310 e. The van der Waals surface area contributed by atoms with Gasteiger partial charge >= 0.3 is 0 Å². The number of fused-ring (bicyclic) bond motifs is 3. The van der Waals surface area contributed by atoms with Gasteiger partial charge in [0.1, 0.15) is 0 Å². The minimum absolute atomic E-state index is 0.230. The van der Waals surface area contributed by atoms with E-state index in [1.807, 2.05) is 0 Å². The SMILES string of the molecule is CC1(C)c2cccc3c2-n2c4c1cc(-c1ccc(N(c5ccccc5)c5ccc6ccccc6c5)cc1)cc4c1cc(-c4ccc(N(c5ccccc5)c5ccc6ccccc6c5)cc4)cc(c12)C3(C)C. The first-order valence-electron chi connectivity index (χ1n) is 24.9. The number of hydrogen-bond donors (Lipinski definition) is 0. The lowest BCUT2D eigenvalue weighted by molar-refractivity contribution is 0.594. The van der Waals surface area contributed by atoms with E-state index in [2.05, 4.69) is 279 Å². The molecule has 0 saturated carbocycles. The van der Waals surface area contributed by atoms with Gasteiger partial charge in [-0.3, -0.25) is 0 Å². The van der Waals surface area contributed by atoms with Crippen LogP contribution in [0.1, 0.15) is 49.9 Å². The summed E-state index contributed by atoms with van der Waals surface area (Å²) in [6.45, 7) is 9.72. The first kappa shape index (κ1) is 41.3. The summed E-state index contributed by atoms with van der Waals surface area (Å²) < 4.78 is 2.64. The van der Waals surface area contributed by atoms with Gasteiger partial charge in [0, 0.05) is 55.7 Å². The molecule has 14 rings (SSSR count). The monoisotopic (exact) mass is 909 g/mol. The number of nitrogens with zero attached hydrogens (tertiary/aromatic N) is 3. The number of anilines is 6. The maximum atomic E-state index is 2.64. The molecule has 1 aromatic heterocycles. The van der Waals surface area contributed by atoms with Crippen molar-refractivity contribution in [1.82, 2.24) is 4.57 Å². The van der Waals surface area contributed by atoms with E-state index < -0.39 is 0 Å². The summed E-state index contributed by atoms with van der Waals surface area (Å²) in [5, 5.41) is 7.53. The zero-order valence-electron chi connectivity index (χ0n) is 40.4. The highest BCUT2D eigenvalue weighted by molar-refractivity contribution is 6.16. The van der Waals surface area contributed by atoms with Crippen molar-refractivity contribution >= 4 is 77.5 Å². The van der Waals surface area contributed by atoms with Crippen molar-refractivity contribution in [3.63, 3.8) is 0 Å². The molecule has 11 aromatic carbocycles. The van der Waals surface area contributed by atoms with Crippen LogP contribution in [0.3, 0.4) is 0 Å². The second kappa shape index (κ2) is 15.4. The fourth-order valence-corrected chi connectivity index (χ4v) is 12.2. The Bertz CT molecular complexity index is 3820. The van der Waals surface area contributed by atoms with E-state index in [-0.39, 0.29) is 10.8 Å². The van der Waals surface area contributed by atoms with Gasteiger partial charge in [-0.25, -0.2) is 0 Å². The van der Waals surface area contributed by atoms with Gasteiger partial charge in [0.15, 0.2) is 0 Å². The molecule has 12 aromatic rings. The molecule has 3 heteroatoms. The van der Waals surface area contributed by atoms with Crippen LogP contribution in [0.25, 0.3) is 71.3 Å². The molecular weight excluding hydrogens is 859 g/mol. The number of rotatable bonds is 8. The zero-order chi connectivity index (χ0) is 47.6. The van der Waals surface area contributed by atoms with Crippen LogP contribution in [0.4, 0.5) is 34.1 Å². The molecule has 0 bridgehead atoms. The van der Waals surface area contributed by atoms with Crippen molar-refractivity contribution in [2.45, 2.75) is 38.5 Å². The Balaban J connectivity index is 0.927. The van der Waals surface area contributed by atoms with Crippen LogP contribution in [0.15, 0.2) is 237 Å². The van der Waals surface area contributed by atoms with Crippen LogP contribution in [-0.4, -0.2) is 4.57 Å². The third-order valence-electron chi connectivity index (χ3n) is 15.8. The second-order valence-electron chi connectivity index (χ2n) is 20.6. The fraction of sp³-hybridized carbons (Fsp3) is 0.0882. The average molecular weight is 910 g/mol. The molecule has 0 unspecified atom stereocenters. The maximum Gasteiger partial charge on any atom is 0.0582 e. The minimum atomic E-state index is -0.230. The highest BCUT2D eigenvalue weighted by Crippen LogP contribution is 2.57. The highest BCUT2D eigenvalue weighted by atomic mass is 15.1. The third-order valence-corrected chi connectivity index (χ3v) is 15.8.